The summed E-state index contributed by atoms with van der Waals surface area (Å²) in [7, 11) is 0. The van der Waals surface area contributed by atoms with Crippen LogP contribution < -0.4 is 5.73 Å². The Kier molecular flexibility index (Phi) is 3.75. The number of alkyl halides is 5. The van der Waals surface area contributed by atoms with Gasteiger partial charge < -0.3 is 5.73 Å². The third kappa shape index (κ3) is 2.82. The van der Waals surface area contributed by atoms with Crippen LogP contribution in [0.2, 0.25) is 5.02 Å². The van der Waals surface area contributed by atoms with E-state index in [2.05, 4.69) is 0 Å². The molecule has 0 saturated heterocycles. The summed E-state index contributed by atoms with van der Waals surface area (Å²) in [4.78, 5) is 0. The van der Waals surface area contributed by atoms with Crippen molar-refractivity contribution in [3.63, 3.8) is 0 Å². The van der Waals surface area contributed by atoms with Crippen molar-refractivity contribution >= 4 is 11.6 Å². The van der Waals surface area contributed by atoms with Crippen molar-refractivity contribution in [3.8, 4) is 0 Å². The minimum absolute atomic E-state index is 0.208. The fourth-order valence-electron chi connectivity index (χ4n) is 1.11. The Bertz CT molecular complexity index is 377. The van der Waals surface area contributed by atoms with Crippen molar-refractivity contribution in [3.05, 3.63) is 34.3 Å². The topological polar surface area (TPSA) is 26.0 Å². The van der Waals surface area contributed by atoms with Gasteiger partial charge in [-0.1, -0.05) is 11.6 Å². The highest BCUT2D eigenvalue weighted by atomic mass is 35.5. The molecule has 1 nitrogen and oxygen atoms in total. The van der Waals surface area contributed by atoms with Gasteiger partial charge in [-0.3, -0.25) is 0 Å². The number of halogens is 6. The average molecular weight is 260 g/mol. The van der Waals surface area contributed by atoms with Crippen LogP contribution in [-0.4, -0.2) is 6.43 Å². The predicted molar refractivity (Wildman–Crippen MR) is 49.4 cm³/mol. The molecule has 1 rings (SSSR count). The Morgan fingerprint density at radius 1 is 1.19 bits per heavy atom. The zero-order chi connectivity index (χ0) is 12.5. The molecule has 16 heavy (non-hydrogen) atoms. The normalized spacial score (nSPS) is 14.2. The van der Waals surface area contributed by atoms with Gasteiger partial charge in [0.15, 0.2) is 0 Å². The Hall–Kier alpha value is -0.880. The van der Waals surface area contributed by atoms with Crippen LogP contribution in [-0.2, 0) is 6.18 Å². The van der Waals surface area contributed by atoms with E-state index in [-0.39, 0.29) is 5.02 Å². The standard InChI is InChI=1S/C9H7ClF5N/c10-6-2-1-4(9(13,14)15)3-5(6)7(16)8(11)12/h1-3,7-8H,16H2/t7-/m0/s1. The summed E-state index contributed by atoms with van der Waals surface area (Å²) in [5.41, 5.74) is 3.59. The van der Waals surface area contributed by atoms with Crippen molar-refractivity contribution in [2.24, 2.45) is 5.73 Å². The summed E-state index contributed by atoms with van der Waals surface area (Å²) in [6.45, 7) is 0. The molecule has 0 bridgehead atoms. The second-order valence-electron chi connectivity index (χ2n) is 3.09. The van der Waals surface area contributed by atoms with E-state index < -0.39 is 29.8 Å². The molecule has 90 valence electrons. The lowest BCUT2D eigenvalue weighted by Gasteiger charge is -2.15. The van der Waals surface area contributed by atoms with Gasteiger partial charge in [-0.25, -0.2) is 8.78 Å². The Morgan fingerprint density at radius 3 is 2.19 bits per heavy atom. The van der Waals surface area contributed by atoms with Gasteiger partial charge in [0, 0.05) is 5.02 Å². The van der Waals surface area contributed by atoms with E-state index in [1.54, 1.807) is 0 Å². The highest BCUT2D eigenvalue weighted by Gasteiger charge is 2.32. The average Bonchev–Trinajstić information content (AvgIpc) is 2.15. The summed E-state index contributed by atoms with van der Waals surface area (Å²) < 4.78 is 61.4. The first-order valence-electron chi connectivity index (χ1n) is 4.14. The molecule has 0 aliphatic carbocycles. The maximum Gasteiger partial charge on any atom is 0.416 e. The number of hydrogen-bond acceptors (Lipinski definition) is 1. The Morgan fingerprint density at radius 2 is 1.75 bits per heavy atom. The van der Waals surface area contributed by atoms with E-state index in [1.807, 2.05) is 0 Å². The molecule has 0 aliphatic rings. The van der Waals surface area contributed by atoms with Gasteiger partial charge in [-0.05, 0) is 23.8 Å². The maximum absolute atomic E-state index is 12.3. The summed E-state index contributed by atoms with van der Waals surface area (Å²) >= 11 is 5.50. The van der Waals surface area contributed by atoms with E-state index in [0.717, 1.165) is 6.07 Å². The van der Waals surface area contributed by atoms with Gasteiger partial charge in [0.1, 0.15) is 0 Å². The molecule has 0 fully saturated rings. The summed E-state index contributed by atoms with van der Waals surface area (Å²) in [5.74, 6) is 0. The smallest absolute Gasteiger partial charge is 0.319 e. The SMILES string of the molecule is N[C@@H](c1cc(C(F)(F)F)ccc1Cl)C(F)F. The van der Waals surface area contributed by atoms with Crippen LogP contribution in [0.25, 0.3) is 0 Å². The summed E-state index contributed by atoms with van der Waals surface area (Å²) in [6, 6.07) is 0.334. The predicted octanol–water partition coefficient (Wildman–Crippen LogP) is 3.62. The number of rotatable bonds is 2. The quantitative estimate of drug-likeness (QED) is 0.807. The molecule has 7 heteroatoms. The van der Waals surface area contributed by atoms with Gasteiger partial charge >= 0.3 is 6.18 Å². The fourth-order valence-corrected chi connectivity index (χ4v) is 1.35. The van der Waals surface area contributed by atoms with E-state index in [9.17, 15) is 22.0 Å². The first-order valence-corrected chi connectivity index (χ1v) is 4.51. The molecule has 0 unspecified atom stereocenters. The molecular weight excluding hydrogens is 253 g/mol. The molecule has 0 aromatic heterocycles. The Balaban J connectivity index is 3.19. The first-order chi connectivity index (χ1) is 7.23. The number of nitrogens with two attached hydrogens (primary N) is 1. The zero-order valence-electron chi connectivity index (χ0n) is 7.73. The van der Waals surface area contributed by atoms with Gasteiger partial charge in [0.05, 0.1) is 11.6 Å². The van der Waals surface area contributed by atoms with E-state index in [1.165, 1.54) is 0 Å². The van der Waals surface area contributed by atoms with E-state index >= 15 is 0 Å². The van der Waals surface area contributed by atoms with Crippen LogP contribution >= 0.6 is 11.6 Å². The van der Waals surface area contributed by atoms with E-state index in [4.69, 9.17) is 17.3 Å². The number of benzene rings is 1. The van der Waals surface area contributed by atoms with Gasteiger partial charge in [0.25, 0.3) is 6.43 Å². The molecule has 1 aromatic carbocycles. The van der Waals surface area contributed by atoms with Gasteiger partial charge in [0.2, 0.25) is 0 Å². The first kappa shape index (κ1) is 13.2. The molecular formula is C9H7ClF5N. The zero-order valence-corrected chi connectivity index (χ0v) is 8.49. The van der Waals surface area contributed by atoms with E-state index in [0.29, 0.717) is 12.1 Å². The molecule has 1 atom stereocenters. The van der Waals surface area contributed by atoms with Gasteiger partial charge in [-0.15, -0.1) is 0 Å². The van der Waals surface area contributed by atoms with Crippen LogP contribution in [0.4, 0.5) is 22.0 Å². The lowest BCUT2D eigenvalue weighted by Crippen LogP contribution is -2.20. The maximum atomic E-state index is 12.3. The molecule has 0 spiro atoms. The summed E-state index contributed by atoms with van der Waals surface area (Å²) in [6.07, 6.45) is -7.58. The molecule has 1 aromatic rings. The van der Waals surface area contributed by atoms with Crippen LogP contribution in [0, 0.1) is 0 Å². The molecule has 0 saturated carbocycles. The van der Waals surface area contributed by atoms with Crippen LogP contribution in [0.1, 0.15) is 17.2 Å². The fraction of sp³-hybridized carbons (Fsp3) is 0.333. The highest BCUT2D eigenvalue weighted by Crippen LogP contribution is 2.34. The second-order valence-corrected chi connectivity index (χ2v) is 3.50. The minimum Gasteiger partial charge on any atom is -0.319 e. The lowest BCUT2D eigenvalue weighted by molar-refractivity contribution is -0.137. The summed E-state index contributed by atoms with van der Waals surface area (Å²) in [5, 5.41) is -0.208. The molecule has 0 heterocycles. The number of hydrogen-bond donors (Lipinski definition) is 1. The monoisotopic (exact) mass is 259 g/mol. The minimum atomic E-state index is -4.61. The third-order valence-electron chi connectivity index (χ3n) is 1.95. The molecule has 0 radical (unpaired) electrons. The second kappa shape index (κ2) is 4.55. The third-order valence-corrected chi connectivity index (χ3v) is 2.30. The van der Waals surface area contributed by atoms with Crippen molar-refractivity contribution in [2.45, 2.75) is 18.6 Å². The van der Waals surface area contributed by atoms with Crippen LogP contribution in [0.3, 0.4) is 0 Å². The molecule has 0 aliphatic heterocycles. The van der Waals surface area contributed by atoms with Crippen molar-refractivity contribution in [1.29, 1.82) is 0 Å². The van der Waals surface area contributed by atoms with Crippen molar-refractivity contribution in [1.82, 2.24) is 0 Å². The van der Waals surface area contributed by atoms with Crippen molar-refractivity contribution < 1.29 is 22.0 Å². The van der Waals surface area contributed by atoms with Crippen LogP contribution in [0.15, 0.2) is 18.2 Å². The van der Waals surface area contributed by atoms with Crippen molar-refractivity contribution in [2.75, 3.05) is 0 Å². The van der Waals surface area contributed by atoms with Crippen LogP contribution in [0.5, 0.6) is 0 Å². The molecule has 2 N–H and O–H groups in total. The lowest BCUT2D eigenvalue weighted by atomic mass is 10.0. The highest BCUT2D eigenvalue weighted by molar-refractivity contribution is 6.31. The molecule has 0 amide bonds. The van der Waals surface area contributed by atoms with Gasteiger partial charge in [-0.2, -0.15) is 13.2 Å². The Labute approximate surface area is 93.0 Å². The largest absolute Gasteiger partial charge is 0.416 e.